The second kappa shape index (κ2) is 6.66. The predicted octanol–water partition coefficient (Wildman–Crippen LogP) is 3.73. The highest BCUT2D eigenvalue weighted by Gasteiger charge is 2.39. The lowest BCUT2D eigenvalue weighted by Gasteiger charge is -2.38. The lowest BCUT2D eigenvalue weighted by molar-refractivity contribution is -0.0518. The van der Waals surface area contributed by atoms with Crippen molar-refractivity contribution in [3.05, 3.63) is 59.1 Å². The van der Waals surface area contributed by atoms with E-state index >= 15 is 0 Å². The molecule has 0 atom stereocenters. The van der Waals surface area contributed by atoms with Gasteiger partial charge in [-0.05, 0) is 29.8 Å². The fourth-order valence-corrected chi connectivity index (χ4v) is 4.45. The molecule has 4 nitrogen and oxygen atoms in total. The first-order valence-corrected chi connectivity index (χ1v) is 8.99. The molecule has 0 N–H and O–H groups in total. The first-order chi connectivity index (χ1) is 11.4. The number of sulfonamides is 1. The lowest BCUT2D eigenvalue weighted by atomic mass is 9.94. The minimum atomic E-state index is -3.89. The van der Waals surface area contributed by atoms with Crippen LogP contribution in [0.15, 0.2) is 53.4 Å². The Morgan fingerprint density at radius 3 is 2.50 bits per heavy atom. The van der Waals surface area contributed by atoms with E-state index in [0.717, 1.165) is 5.56 Å². The van der Waals surface area contributed by atoms with Gasteiger partial charge in [0.15, 0.2) is 0 Å². The maximum Gasteiger partial charge on any atom is 0.387 e. The molecule has 0 amide bonds. The maximum absolute atomic E-state index is 12.6. The molecule has 3 rings (SSSR count). The molecule has 8 heteroatoms. The van der Waals surface area contributed by atoms with Crippen LogP contribution in [-0.4, -0.2) is 32.4 Å². The van der Waals surface area contributed by atoms with Crippen LogP contribution >= 0.6 is 11.6 Å². The van der Waals surface area contributed by atoms with Gasteiger partial charge in [0.05, 0.1) is 0 Å². The van der Waals surface area contributed by atoms with E-state index in [0.29, 0.717) is 5.02 Å². The molecule has 2 aromatic carbocycles. The number of halogens is 3. The van der Waals surface area contributed by atoms with Crippen molar-refractivity contribution in [1.29, 1.82) is 0 Å². The number of benzene rings is 2. The molecule has 0 spiro atoms. The van der Waals surface area contributed by atoms with Gasteiger partial charge < -0.3 is 4.74 Å². The summed E-state index contributed by atoms with van der Waals surface area (Å²) in [5.74, 6) is -0.319. The Hall–Kier alpha value is -1.70. The summed E-state index contributed by atoms with van der Waals surface area (Å²) in [5, 5.41) is 0.587. The first kappa shape index (κ1) is 17.1. The van der Waals surface area contributed by atoms with Crippen LogP contribution < -0.4 is 4.74 Å². The molecule has 0 bridgehead atoms. The zero-order valence-corrected chi connectivity index (χ0v) is 14.0. The molecule has 128 valence electrons. The van der Waals surface area contributed by atoms with Gasteiger partial charge in [0, 0.05) is 24.0 Å². The smallest absolute Gasteiger partial charge is 0.387 e. The van der Waals surface area contributed by atoms with Gasteiger partial charge in [-0.15, -0.1) is 0 Å². The lowest BCUT2D eigenvalue weighted by Crippen LogP contribution is -2.48. The van der Waals surface area contributed by atoms with E-state index in [1.54, 1.807) is 18.2 Å². The number of hydrogen-bond donors (Lipinski definition) is 0. The number of para-hydroxylation sites is 1. The summed E-state index contributed by atoms with van der Waals surface area (Å²) in [4.78, 5) is -0.255. The van der Waals surface area contributed by atoms with E-state index in [1.807, 2.05) is 6.07 Å². The van der Waals surface area contributed by atoms with Gasteiger partial charge in [0.25, 0.3) is 0 Å². The van der Waals surface area contributed by atoms with Crippen molar-refractivity contribution in [2.24, 2.45) is 0 Å². The Labute approximate surface area is 143 Å². The van der Waals surface area contributed by atoms with Crippen LogP contribution in [0.5, 0.6) is 5.75 Å². The summed E-state index contributed by atoms with van der Waals surface area (Å²) in [6, 6.07) is 12.6. The normalized spacial score (nSPS) is 16.2. The molecule has 2 aromatic rings. The van der Waals surface area contributed by atoms with Crippen molar-refractivity contribution in [3.63, 3.8) is 0 Å². The average Bonchev–Trinajstić information content (AvgIpc) is 2.45. The van der Waals surface area contributed by atoms with E-state index in [9.17, 15) is 17.2 Å². The molecule has 1 aliphatic heterocycles. The van der Waals surface area contributed by atoms with E-state index in [4.69, 9.17) is 11.6 Å². The van der Waals surface area contributed by atoms with Gasteiger partial charge in [-0.1, -0.05) is 35.9 Å². The summed E-state index contributed by atoms with van der Waals surface area (Å²) in [6.45, 7) is -2.55. The third kappa shape index (κ3) is 3.38. The topological polar surface area (TPSA) is 46.6 Å². The number of rotatable bonds is 5. The zero-order valence-electron chi connectivity index (χ0n) is 12.4. The minimum Gasteiger partial charge on any atom is -0.433 e. The summed E-state index contributed by atoms with van der Waals surface area (Å²) >= 11 is 5.94. The Morgan fingerprint density at radius 2 is 1.83 bits per heavy atom. The number of hydrogen-bond acceptors (Lipinski definition) is 3. The van der Waals surface area contributed by atoms with E-state index in [-0.39, 0.29) is 29.7 Å². The van der Waals surface area contributed by atoms with Crippen LogP contribution in [0.3, 0.4) is 0 Å². The van der Waals surface area contributed by atoms with Crippen LogP contribution in [-0.2, 0) is 10.0 Å². The molecule has 0 saturated carbocycles. The highest BCUT2D eigenvalue weighted by molar-refractivity contribution is 7.89. The highest BCUT2D eigenvalue weighted by atomic mass is 35.5. The first-order valence-electron chi connectivity index (χ1n) is 7.17. The summed E-state index contributed by atoms with van der Waals surface area (Å²) < 4.78 is 55.8. The van der Waals surface area contributed by atoms with Gasteiger partial charge in [0.2, 0.25) is 10.0 Å². The number of nitrogens with zero attached hydrogens (tertiary/aromatic N) is 1. The van der Waals surface area contributed by atoms with Crippen molar-refractivity contribution >= 4 is 21.6 Å². The van der Waals surface area contributed by atoms with Crippen molar-refractivity contribution in [2.75, 3.05) is 13.1 Å². The Balaban J connectivity index is 1.79. The average molecular weight is 374 g/mol. The minimum absolute atomic E-state index is 0.0293. The van der Waals surface area contributed by atoms with Gasteiger partial charge in [-0.2, -0.15) is 13.1 Å². The van der Waals surface area contributed by atoms with Gasteiger partial charge in [-0.25, -0.2) is 8.42 Å². The van der Waals surface area contributed by atoms with Gasteiger partial charge in [0.1, 0.15) is 10.6 Å². The highest BCUT2D eigenvalue weighted by Crippen LogP contribution is 2.35. The number of ether oxygens (including phenoxy) is 1. The monoisotopic (exact) mass is 373 g/mol. The molecule has 0 aliphatic carbocycles. The Kier molecular flexibility index (Phi) is 4.76. The molecule has 1 saturated heterocycles. The zero-order chi connectivity index (χ0) is 17.3. The molecule has 0 radical (unpaired) electrons. The molecule has 1 fully saturated rings. The fraction of sp³-hybridized carbons (Fsp3) is 0.250. The van der Waals surface area contributed by atoms with E-state index < -0.39 is 16.6 Å². The molecule has 1 aliphatic rings. The standard InChI is InChI=1S/C16H14ClF2NO3S/c17-13-5-3-4-11(8-13)12-9-20(10-12)24(21,22)15-7-2-1-6-14(15)23-16(18)19/h1-8,12,16H,9-10H2. The summed E-state index contributed by atoms with van der Waals surface area (Å²) in [6.07, 6.45) is 0. The van der Waals surface area contributed by atoms with Crippen molar-refractivity contribution in [1.82, 2.24) is 4.31 Å². The van der Waals surface area contributed by atoms with Crippen molar-refractivity contribution in [2.45, 2.75) is 17.4 Å². The van der Waals surface area contributed by atoms with E-state index in [1.165, 1.54) is 28.6 Å². The van der Waals surface area contributed by atoms with Crippen molar-refractivity contribution < 1.29 is 21.9 Å². The van der Waals surface area contributed by atoms with Crippen molar-refractivity contribution in [3.8, 4) is 5.75 Å². The predicted molar refractivity (Wildman–Crippen MR) is 86.0 cm³/mol. The molecular formula is C16H14ClF2NO3S. The second-order valence-corrected chi connectivity index (χ2v) is 7.74. The van der Waals surface area contributed by atoms with Crippen LogP contribution in [0.4, 0.5) is 8.78 Å². The third-order valence-corrected chi connectivity index (χ3v) is 5.96. The SMILES string of the molecule is O=S(=O)(c1ccccc1OC(F)F)N1CC(c2cccc(Cl)c2)C1. The molecule has 1 heterocycles. The Bertz CT molecular complexity index is 839. The summed E-state index contributed by atoms with van der Waals surface area (Å²) in [7, 11) is -3.89. The second-order valence-electron chi connectivity index (χ2n) is 5.40. The van der Waals surface area contributed by atoms with Gasteiger partial charge >= 0.3 is 6.61 Å². The van der Waals surface area contributed by atoms with Crippen LogP contribution in [0, 0.1) is 0 Å². The molecular weight excluding hydrogens is 360 g/mol. The molecule has 24 heavy (non-hydrogen) atoms. The quantitative estimate of drug-likeness (QED) is 0.802. The third-order valence-electron chi connectivity index (χ3n) is 3.85. The largest absolute Gasteiger partial charge is 0.433 e. The fourth-order valence-electron chi connectivity index (χ4n) is 2.60. The van der Waals surface area contributed by atoms with Crippen LogP contribution in [0.2, 0.25) is 5.02 Å². The van der Waals surface area contributed by atoms with E-state index in [2.05, 4.69) is 4.74 Å². The number of alkyl halides is 2. The summed E-state index contributed by atoms with van der Waals surface area (Å²) in [5.41, 5.74) is 0.950. The maximum atomic E-state index is 12.6. The molecule has 0 unspecified atom stereocenters. The van der Waals surface area contributed by atoms with Crippen LogP contribution in [0.25, 0.3) is 0 Å². The Morgan fingerprint density at radius 1 is 1.12 bits per heavy atom. The van der Waals surface area contributed by atoms with Gasteiger partial charge in [-0.3, -0.25) is 0 Å². The van der Waals surface area contributed by atoms with Crippen LogP contribution in [0.1, 0.15) is 11.5 Å². The molecule has 0 aromatic heterocycles.